The summed E-state index contributed by atoms with van der Waals surface area (Å²) < 4.78 is 38.0. The maximum absolute atomic E-state index is 12.9. The van der Waals surface area contributed by atoms with Crippen LogP contribution >= 0.6 is 0 Å². The molecule has 0 aliphatic carbocycles. The summed E-state index contributed by atoms with van der Waals surface area (Å²) in [7, 11) is -2.11. The molecule has 0 bridgehead atoms. The number of piperidine rings is 1. The summed E-state index contributed by atoms with van der Waals surface area (Å²) in [4.78, 5) is 12.7. The van der Waals surface area contributed by atoms with Crippen molar-refractivity contribution in [3.05, 3.63) is 54.1 Å². The smallest absolute Gasteiger partial charge is 0.243 e. The predicted molar refractivity (Wildman–Crippen MR) is 114 cm³/mol. The molecule has 1 unspecified atom stereocenters. The molecular formula is C22H28N2O5S. The van der Waals surface area contributed by atoms with E-state index in [1.165, 1.54) is 23.5 Å². The van der Waals surface area contributed by atoms with Crippen LogP contribution in [0.2, 0.25) is 0 Å². The predicted octanol–water partition coefficient (Wildman–Crippen LogP) is 2.60. The zero-order chi connectivity index (χ0) is 21.6. The molecule has 0 saturated carbocycles. The lowest BCUT2D eigenvalue weighted by Crippen LogP contribution is -2.45. The van der Waals surface area contributed by atoms with E-state index >= 15 is 0 Å². The van der Waals surface area contributed by atoms with Crippen molar-refractivity contribution in [3.63, 3.8) is 0 Å². The highest BCUT2D eigenvalue weighted by molar-refractivity contribution is 7.89. The van der Waals surface area contributed by atoms with Crippen LogP contribution in [-0.4, -0.2) is 52.0 Å². The zero-order valence-electron chi connectivity index (χ0n) is 17.3. The van der Waals surface area contributed by atoms with E-state index in [0.717, 1.165) is 11.3 Å². The zero-order valence-corrected chi connectivity index (χ0v) is 18.2. The summed E-state index contributed by atoms with van der Waals surface area (Å²) in [6, 6.07) is 14.0. The summed E-state index contributed by atoms with van der Waals surface area (Å²) in [5.74, 6) is 0.838. The standard InChI is InChI=1S/C22H28N2O5S/c1-17-5-7-20(8-6-17)29-15-13-23-22(25)18-4-3-14-24(16-18)30(26,27)21-11-9-19(28-2)10-12-21/h5-12,18H,3-4,13-16H2,1-2H3,(H,23,25). The molecule has 1 aliphatic rings. The van der Waals surface area contributed by atoms with Crippen LogP contribution < -0.4 is 14.8 Å². The first kappa shape index (κ1) is 22.1. The number of benzene rings is 2. The number of rotatable bonds is 8. The fourth-order valence-corrected chi connectivity index (χ4v) is 4.92. The topological polar surface area (TPSA) is 84.9 Å². The van der Waals surface area contributed by atoms with Gasteiger partial charge in [-0.25, -0.2) is 8.42 Å². The molecular weight excluding hydrogens is 404 g/mol. The largest absolute Gasteiger partial charge is 0.497 e. The van der Waals surface area contributed by atoms with Crippen LogP contribution in [-0.2, 0) is 14.8 Å². The van der Waals surface area contributed by atoms with E-state index in [9.17, 15) is 13.2 Å². The lowest BCUT2D eigenvalue weighted by atomic mass is 9.99. The Hall–Kier alpha value is -2.58. The third kappa shape index (κ3) is 5.52. The third-order valence-corrected chi connectivity index (χ3v) is 7.02. The minimum absolute atomic E-state index is 0.142. The number of sulfonamides is 1. The van der Waals surface area contributed by atoms with E-state index in [1.807, 2.05) is 31.2 Å². The third-order valence-electron chi connectivity index (χ3n) is 5.14. The molecule has 1 N–H and O–H groups in total. The van der Waals surface area contributed by atoms with Crippen molar-refractivity contribution in [2.75, 3.05) is 33.4 Å². The molecule has 0 radical (unpaired) electrons. The normalized spacial score (nSPS) is 17.3. The Kier molecular flexibility index (Phi) is 7.33. The van der Waals surface area contributed by atoms with Gasteiger partial charge in [0.15, 0.2) is 0 Å². The number of aryl methyl sites for hydroxylation is 1. The van der Waals surface area contributed by atoms with E-state index in [2.05, 4.69) is 5.32 Å². The van der Waals surface area contributed by atoms with Gasteiger partial charge in [0.2, 0.25) is 15.9 Å². The molecule has 2 aromatic rings. The number of hydrogen-bond acceptors (Lipinski definition) is 5. The first-order valence-electron chi connectivity index (χ1n) is 10.0. The van der Waals surface area contributed by atoms with Gasteiger partial charge in [-0.15, -0.1) is 0 Å². The molecule has 162 valence electrons. The molecule has 30 heavy (non-hydrogen) atoms. The first-order chi connectivity index (χ1) is 14.4. The van der Waals surface area contributed by atoms with Crippen LogP contribution in [0.1, 0.15) is 18.4 Å². The fraction of sp³-hybridized carbons (Fsp3) is 0.409. The fourth-order valence-electron chi connectivity index (χ4n) is 3.39. The van der Waals surface area contributed by atoms with Gasteiger partial charge in [-0.1, -0.05) is 17.7 Å². The number of methoxy groups -OCH3 is 1. The molecule has 0 aromatic heterocycles. The molecule has 1 fully saturated rings. The highest BCUT2D eigenvalue weighted by atomic mass is 32.2. The quantitative estimate of drug-likeness (QED) is 0.648. The molecule has 1 aliphatic heterocycles. The van der Waals surface area contributed by atoms with Crippen LogP contribution in [0.3, 0.4) is 0 Å². The monoisotopic (exact) mass is 432 g/mol. The second kappa shape index (κ2) is 9.95. The van der Waals surface area contributed by atoms with Gasteiger partial charge < -0.3 is 14.8 Å². The van der Waals surface area contributed by atoms with E-state index in [4.69, 9.17) is 9.47 Å². The first-order valence-corrected chi connectivity index (χ1v) is 11.5. The maximum Gasteiger partial charge on any atom is 0.243 e. The average Bonchev–Trinajstić information content (AvgIpc) is 2.78. The lowest BCUT2D eigenvalue weighted by molar-refractivity contribution is -0.126. The average molecular weight is 433 g/mol. The minimum atomic E-state index is -3.65. The van der Waals surface area contributed by atoms with Gasteiger partial charge in [-0.3, -0.25) is 4.79 Å². The number of ether oxygens (including phenoxy) is 2. The molecule has 1 heterocycles. The number of carbonyl (C=O) groups is 1. The molecule has 7 nitrogen and oxygen atoms in total. The van der Waals surface area contributed by atoms with Crippen molar-refractivity contribution in [1.82, 2.24) is 9.62 Å². The molecule has 3 rings (SSSR count). The Bertz CT molecular complexity index is 942. The summed E-state index contributed by atoms with van der Waals surface area (Å²) in [6.07, 6.45) is 1.31. The summed E-state index contributed by atoms with van der Waals surface area (Å²) in [6.45, 7) is 3.32. The van der Waals surface area contributed by atoms with Crippen LogP contribution in [0.4, 0.5) is 0 Å². The summed E-state index contributed by atoms with van der Waals surface area (Å²) in [5, 5.41) is 2.86. The highest BCUT2D eigenvalue weighted by Crippen LogP contribution is 2.25. The molecule has 2 aromatic carbocycles. The molecule has 1 saturated heterocycles. The number of nitrogens with zero attached hydrogens (tertiary/aromatic N) is 1. The summed E-state index contributed by atoms with van der Waals surface area (Å²) >= 11 is 0. The Morgan fingerprint density at radius 3 is 2.43 bits per heavy atom. The maximum atomic E-state index is 12.9. The van der Waals surface area contributed by atoms with E-state index in [1.54, 1.807) is 12.1 Å². The van der Waals surface area contributed by atoms with Gasteiger partial charge in [0.1, 0.15) is 18.1 Å². The highest BCUT2D eigenvalue weighted by Gasteiger charge is 2.33. The van der Waals surface area contributed by atoms with E-state index < -0.39 is 10.0 Å². The van der Waals surface area contributed by atoms with Gasteiger partial charge in [-0.2, -0.15) is 4.31 Å². The Morgan fingerprint density at radius 1 is 1.10 bits per heavy atom. The van der Waals surface area contributed by atoms with E-state index in [-0.39, 0.29) is 23.3 Å². The van der Waals surface area contributed by atoms with E-state index in [0.29, 0.717) is 38.3 Å². The van der Waals surface area contributed by atoms with Gasteiger partial charge in [0.25, 0.3) is 0 Å². The van der Waals surface area contributed by atoms with Crippen molar-refractivity contribution < 1.29 is 22.7 Å². The van der Waals surface area contributed by atoms with Crippen LogP contribution in [0.5, 0.6) is 11.5 Å². The van der Waals surface area contributed by atoms with Gasteiger partial charge in [0, 0.05) is 13.1 Å². The SMILES string of the molecule is COc1ccc(S(=O)(=O)N2CCCC(C(=O)NCCOc3ccc(C)cc3)C2)cc1. The van der Waals surface area contributed by atoms with Crippen molar-refractivity contribution >= 4 is 15.9 Å². The number of amides is 1. The summed E-state index contributed by atoms with van der Waals surface area (Å²) in [5.41, 5.74) is 1.15. The van der Waals surface area contributed by atoms with Gasteiger partial charge in [0.05, 0.1) is 24.5 Å². The lowest BCUT2D eigenvalue weighted by Gasteiger charge is -2.31. The Morgan fingerprint density at radius 2 is 1.77 bits per heavy atom. The molecule has 1 amide bonds. The molecule has 8 heteroatoms. The number of hydrogen-bond donors (Lipinski definition) is 1. The second-order valence-electron chi connectivity index (χ2n) is 7.33. The number of nitrogens with one attached hydrogen (secondary N) is 1. The Balaban J connectivity index is 1.51. The van der Waals surface area contributed by atoms with Crippen LogP contribution in [0.15, 0.2) is 53.4 Å². The van der Waals surface area contributed by atoms with Crippen LogP contribution in [0, 0.1) is 12.8 Å². The Labute approximate surface area is 178 Å². The number of carbonyl (C=O) groups excluding carboxylic acids is 1. The molecule has 0 spiro atoms. The van der Waals surface area contributed by atoms with Crippen molar-refractivity contribution in [2.24, 2.45) is 5.92 Å². The molecule has 1 atom stereocenters. The van der Waals surface area contributed by atoms with Gasteiger partial charge >= 0.3 is 0 Å². The second-order valence-corrected chi connectivity index (χ2v) is 9.27. The minimum Gasteiger partial charge on any atom is -0.497 e. The van der Waals surface area contributed by atoms with Crippen LogP contribution in [0.25, 0.3) is 0 Å². The van der Waals surface area contributed by atoms with Gasteiger partial charge in [-0.05, 0) is 56.2 Å². The van der Waals surface area contributed by atoms with Crippen molar-refractivity contribution in [1.29, 1.82) is 0 Å². The van der Waals surface area contributed by atoms with Crippen molar-refractivity contribution in [3.8, 4) is 11.5 Å². The van der Waals surface area contributed by atoms with Crippen molar-refractivity contribution in [2.45, 2.75) is 24.7 Å².